The zero-order valence-corrected chi connectivity index (χ0v) is 15.1. The Labute approximate surface area is 151 Å². The van der Waals surface area contributed by atoms with Gasteiger partial charge in [-0.3, -0.25) is 9.59 Å². The molecule has 1 amide bonds. The molecule has 0 aromatic heterocycles. The maximum Gasteiger partial charge on any atom is 0.308 e. The lowest BCUT2D eigenvalue weighted by Gasteiger charge is -2.25. The molecule has 3 atom stereocenters. The minimum Gasteiger partial charge on any atom is -0.481 e. The summed E-state index contributed by atoms with van der Waals surface area (Å²) in [4.78, 5) is 25.4. The number of halogens is 2. The number of amides is 1. The maximum atomic E-state index is 13.9. The van der Waals surface area contributed by atoms with Crippen LogP contribution < -0.4 is 0 Å². The minimum atomic E-state index is -0.986. The summed E-state index contributed by atoms with van der Waals surface area (Å²) in [5, 5.41) is 9.12. The summed E-state index contributed by atoms with van der Waals surface area (Å²) in [6.45, 7) is 4.87. The van der Waals surface area contributed by atoms with Crippen molar-refractivity contribution in [3.05, 3.63) is 35.4 Å². The van der Waals surface area contributed by atoms with Crippen molar-refractivity contribution in [3.8, 4) is 0 Å². The summed E-state index contributed by atoms with van der Waals surface area (Å²) in [6.07, 6.45) is 0.956. The van der Waals surface area contributed by atoms with Gasteiger partial charge in [-0.05, 0) is 31.9 Å². The molecule has 1 fully saturated rings. The second kappa shape index (κ2) is 9.07. The van der Waals surface area contributed by atoms with Crippen molar-refractivity contribution >= 4 is 11.9 Å². The van der Waals surface area contributed by atoms with E-state index >= 15 is 0 Å². The molecular formula is C19H25F2NO4. The molecule has 2 rings (SSSR count). The Bertz CT molecular complexity index is 632. The van der Waals surface area contributed by atoms with Crippen LogP contribution in [0.4, 0.5) is 8.78 Å². The van der Waals surface area contributed by atoms with Crippen LogP contribution in [0.1, 0.15) is 38.2 Å². The van der Waals surface area contributed by atoms with Crippen molar-refractivity contribution in [1.82, 2.24) is 4.90 Å². The number of carbonyl (C=O) groups is 2. The fourth-order valence-corrected chi connectivity index (χ4v) is 3.09. The van der Waals surface area contributed by atoms with E-state index in [0.717, 1.165) is 0 Å². The molecule has 0 bridgehead atoms. The lowest BCUT2D eigenvalue weighted by atomic mass is 10.1. The molecule has 3 unspecified atom stereocenters. The summed E-state index contributed by atoms with van der Waals surface area (Å²) in [7, 11) is 0. The van der Waals surface area contributed by atoms with Crippen molar-refractivity contribution in [2.24, 2.45) is 11.8 Å². The molecule has 0 aliphatic heterocycles. The highest BCUT2D eigenvalue weighted by Crippen LogP contribution is 2.50. The van der Waals surface area contributed by atoms with E-state index in [1.165, 1.54) is 30.0 Å². The highest BCUT2D eigenvalue weighted by atomic mass is 19.1. The SMILES string of the molecule is CCOCCCN(CC(C)C(=O)O)C(=O)C1CC1c1c(F)cccc1F. The van der Waals surface area contributed by atoms with Gasteiger partial charge in [-0.2, -0.15) is 0 Å². The summed E-state index contributed by atoms with van der Waals surface area (Å²) in [6, 6.07) is 3.66. The second-order valence-electron chi connectivity index (χ2n) is 6.66. The number of benzene rings is 1. The number of rotatable bonds is 10. The third-order valence-electron chi connectivity index (χ3n) is 4.63. The average molecular weight is 369 g/mol. The molecule has 1 saturated carbocycles. The van der Waals surface area contributed by atoms with Crippen LogP contribution in [0.2, 0.25) is 0 Å². The van der Waals surface area contributed by atoms with E-state index in [2.05, 4.69) is 0 Å². The fourth-order valence-electron chi connectivity index (χ4n) is 3.09. The molecule has 1 aromatic rings. The molecular weight excluding hydrogens is 344 g/mol. The Balaban J connectivity index is 2.05. The third-order valence-corrected chi connectivity index (χ3v) is 4.63. The van der Waals surface area contributed by atoms with Gasteiger partial charge in [-0.25, -0.2) is 8.78 Å². The topological polar surface area (TPSA) is 66.8 Å². The largest absolute Gasteiger partial charge is 0.481 e. The first kappa shape index (κ1) is 20.3. The van der Waals surface area contributed by atoms with E-state index in [0.29, 0.717) is 32.6 Å². The number of carboxylic acids is 1. The molecule has 0 saturated heterocycles. The normalized spacial score (nSPS) is 19.8. The van der Waals surface area contributed by atoms with E-state index in [4.69, 9.17) is 9.84 Å². The zero-order valence-electron chi connectivity index (χ0n) is 15.1. The lowest BCUT2D eigenvalue weighted by Crippen LogP contribution is -2.39. The van der Waals surface area contributed by atoms with Crippen molar-refractivity contribution in [2.75, 3.05) is 26.3 Å². The molecule has 1 aromatic carbocycles. The molecule has 5 nitrogen and oxygen atoms in total. The Morgan fingerprint density at radius 2 is 2.00 bits per heavy atom. The maximum absolute atomic E-state index is 13.9. The summed E-state index contributed by atoms with van der Waals surface area (Å²) < 4.78 is 33.1. The van der Waals surface area contributed by atoms with Gasteiger partial charge in [0.1, 0.15) is 11.6 Å². The predicted octanol–water partition coefficient (Wildman–Crippen LogP) is 3.04. The number of carbonyl (C=O) groups excluding carboxylic acids is 1. The number of ether oxygens (including phenoxy) is 1. The van der Waals surface area contributed by atoms with Crippen LogP contribution in [0.5, 0.6) is 0 Å². The van der Waals surface area contributed by atoms with Crippen molar-refractivity contribution in [3.63, 3.8) is 0 Å². The first-order chi connectivity index (χ1) is 12.4. The predicted molar refractivity (Wildman–Crippen MR) is 91.7 cm³/mol. The van der Waals surface area contributed by atoms with Crippen LogP contribution >= 0.6 is 0 Å². The molecule has 144 valence electrons. The number of aliphatic carboxylic acids is 1. The van der Waals surface area contributed by atoms with E-state index in [9.17, 15) is 18.4 Å². The molecule has 0 radical (unpaired) electrons. The lowest BCUT2D eigenvalue weighted by molar-refractivity contribution is -0.143. The van der Waals surface area contributed by atoms with Gasteiger partial charge in [0.25, 0.3) is 0 Å². The first-order valence-electron chi connectivity index (χ1n) is 8.90. The van der Waals surface area contributed by atoms with Crippen molar-refractivity contribution in [2.45, 2.75) is 32.6 Å². The Morgan fingerprint density at radius 1 is 1.35 bits per heavy atom. The monoisotopic (exact) mass is 369 g/mol. The summed E-state index contributed by atoms with van der Waals surface area (Å²) in [5.74, 6) is -4.23. The van der Waals surface area contributed by atoms with Gasteiger partial charge < -0.3 is 14.7 Å². The van der Waals surface area contributed by atoms with Gasteiger partial charge >= 0.3 is 5.97 Å². The van der Waals surface area contributed by atoms with Crippen LogP contribution in [0.25, 0.3) is 0 Å². The van der Waals surface area contributed by atoms with Crippen molar-refractivity contribution < 1.29 is 28.2 Å². The zero-order chi connectivity index (χ0) is 19.3. The van der Waals surface area contributed by atoms with Gasteiger partial charge in [-0.15, -0.1) is 0 Å². The Kier molecular flexibility index (Phi) is 7.08. The summed E-state index contributed by atoms with van der Waals surface area (Å²) >= 11 is 0. The molecule has 1 aliphatic rings. The Morgan fingerprint density at radius 3 is 2.58 bits per heavy atom. The molecule has 0 spiro atoms. The van der Waals surface area contributed by atoms with Crippen LogP contribution in [-0.4, -0.2) is 48.2 Å². The number of nitrogens with zero attached hydrogens (tertiary/aromatic N) is 1. The van der Waals surface area contributed by atoms with E-state index in [-0.39, 0.29) is 18.0 Å². The third kappa shape index (κ3) is 5.00. The molecule has 0 heterocycles. The smallest absolute Gasteiger partial charge is 0.308 e. The standard InChI is InChI=1S/C19H25F2NO4/c1-3-26-9-5-8-22(11-12(2)19(24)25)18(23)14-10-13(14)17-15(20)6-4-7-16(17)21/h4,6-7,12-14H,3,5,8-11H2,1-2H3,(H,24,25). The molecule has 7 heteroatoms. The number of carboxylic acid groups (broad SMARTS) is 1. The quantitative estimate of drug-likeness (QED) is 0.644. The highest BCUT2D eigenvalue weighted by Gasteiger charge is 2.48. The van der Waals surface area contributed by atoms with Crippen LogP contribution in [0.3, 0.4) is 0 Å². The minimum absolute atomic E-state index is 0.0496. The molecule has 26 heavy (non-hydrogen) atoms. The van der Waals surface area contributed by atoms with E-state index < -0.39 is 35.4 Å². The van der Waals surface area contributed by atoms with Gasteiger partial charge in [0.15, 0.2) is 0 Å². The Hall–Kier alpha value is -2.02. The van der Waals surface area contributed by atoms with E-state index in [1.807, 2.05) is 6.92 Å². The average Bonchev–Trinajstić information content (AvgIpc) is 3.36. The summed E-state index contributed by atoms with van der Waals surface area (Å²) in [5.41, 5.74) is -0.0496. The number of hydrogen-bond donors (Lipinski definition) is 1. The van der Waals surface area contributed by atoms with E-state index in [1.54, 1.807) is 0 Å². The highest BCUT2D eigenvalue weighted by molar-refractivity contribution is 5.83. The molecule has 1 N–H and O–H groups in total. The van der Waals surface area contributed by atoms with Gasteiger partial charge in [0.2, 0.25) is 5.91 Å². The second-order valence-corrected chi connectivity index (χ2v) is 6.66. The van der Waals surface area contributed by atoms with Gasteiger partial charge in [0, 0.05) is 43.7 Å². The van der Waals surface area contributed by atoms with Crippen LogP contribution in [0, 0.1) is 23.5 Å². The van der Waals surface area contributed by atoms with Gasteiger partial charge in [-0.1, -0.05) is 13.0 Å². The number of hydrogen-bond acceptors (Lipinski definition) is 3. The fraction of sp³-hybridized carbons (Fsp3) is 0.579. The van der Waals surface area contributed by atoms with Crippen LogP contribution in [0.15, 0.2) is 18.2 Å². The van der Waals surface area contributed by atoms with Crippen LogP contribution in [-0.2, 0) is 14.3 Å². The van der Waals surface area contributed by atoms with Gasteiger partial charge in [0.05, 0.1) is 5.92 Å². The molecule has 1 aliphatic carbocycles. The first-order valence-corrected chi connectivity index (χ1v) is 8.90. The van der Waals surface area contributed by atoms with Crippen molar-refractivity contribution in [1.29, 1.82) is 0 Å².